The molecule has 0 radical (unpaired) electrons. The summed E-state index contributed by atoms with van der Waals surface area (Å²) in [5.41, 5.74) is 4.00. The average Bonchev–Trinajstić information content (AvgIpc) is 3.04. The van der Waals surface area contributed by atoms with E-state index in [0.717, 1.165) is 28.0 Å². The predicted molar refractivity (Wildman–Crippen MR) is 159 cm³/mol. The molecule has 0 saturated carbocycles. The summed E-state index contributed by atoms with van der Waals surface area (Å²) in [6.45, 7) is 1.53. The molecule has 1 N–H and O–H groups in total. The van der Waals surface area contributed by atoms with E-state index in [9.17, 15) is 5.11 Å². The summed E-state index contributed by atoms with van der Waals surface area (Å²) in [6.07, 6.45) is -3.85. The van der Waals surface area contributed by atoms with Crippen molar-refractivity contribution in [1.29, 1.82) is 0 Å². The molecule has 1 heterocycles. The molecule has 0 bridgehead atoms. The van der Waals surface area contributed by atoms with Crippen molar-refractivity contribution < 1.29 is 33.5 Å². The normalized spacial score (nSPS) is 22.1. The maximum Gasteiger partial charge on any atom is 0.184 e. The number of hydrogen-bond acceptors (Lipinski definition) is 7. The maximum atomic E-state index is 11.2. The average molecular weight is 571 g/mol. The van der Waals surface area contributed by atoms with Crippen molar-refractivity contribution in [3.63, 3.8) is 0 Å². The van der Waals surface area contributed by atoms with E-state index in [-0.39, 0.29) is 19.8 Å². The van der Waals surface area contributed by atoms with Crippen LogP contribution in [0.15, 0.2) is 115 Å². The number of ether oxygens (including phenoxy) is 6. The van der Waals surface area contributed by atoms with Crippen molar-refractivity contribution >= 4 is 0 Å². The van der Waals surface area contributed by atoms with Gasteiger partial charge in [-0.05, 0) is 34.4 Å². The Hall–Kier alpha value is -3.56. The van der Waals surface area contributed by atoms with Gasteiger partial charge in [-0.2, -0.15) is 0 Å². The van der Waals surface area contributed by atoms with Crippen LogP contribution in [0.25, 0.3) is 0 Å². The summed E-state index contributed by atoms with van der Waals surface area (Å²) < 4.78 is 36.8. The lowest BCUT2D eigenvalue weighted by Gasteiger charge is -2.44. The van der Waals surface area contributed by atoms with Crippen LogP contribution >= 0.6 is 0 Å². The quantitative estimate of drug-likeness (QED) is 0.209. The highest BCUT2D eigenvalue weighted by Crippen LogP contribution is 2.30. The molecule has 42 heavy (non-hydrogen) atoms. The molecule has 0 aromatic heterocycles. The zero-order chi connectivity index (χ0) is 29.0. The van der Waals surface area contributed by atoms with E-state index in [0.29, 0.717) is 13.2 Å². The van der Waals surface area contributed by atoms with E-state index in [1.165, 1.54) is 0 Å². The van der Waals surface area contributed by atoms with Gasteiger partial charge in [0.2, 0.25) is 0 Å². The number of methoxy groups -OCH3 is 1. The van der Waals surface area contributed by atoms with Gasteiger partial charge in [0.05, 0.1) is 40.1 Å². The van der Waals surface area contributed by atoms with Gasteiger partial charge in [-0.1, -0.05) is 103 Å². The SMILES string of the molecule is COc1ccc(CO[C@@H]2[C@@H](OCc3ccccc3)[C@H](O)O[C@H](COCc3ccccc3)[C@@H]2OCc2ccccc2)cc1. The van der Waals surface area contributed by atoms with Crippen molar-refractivity contribution in [3.05, 3.63) is 138 Å². The summed E-state index contributed by atoms with van der Waals surface area (Å²) in [5.74, 6) is 0.768. The number of aliphatic hydroxyl groups is 1. The molecule has 7 nitrogen and oxygen atoms in total. The first-order valence-corrected chi connectivity index (χ1v) is 14.2. The summed E-state index contributed by atoms with van der Waals surface area (Å²) in [5, 5.41) is 11.2. The van der Waals surface area contributed by atoms with E-state index in [2.05, 4.69) is 0 Å². The fraction of sp³-hybridized carbons (Fsp3) is 0.314. The number of aliphatic hydroxyl groups excluding tert-OH is 1. The van der Waals surface area contributed by atoms with Gasteiger partial charge in [-0.15, -0.1) is 0 Å². The van der Waals surface area contributed by atoms with Crippen molar-refractivity contribution in [1.82, 2.24) is 0 Å². The van der Waals surface area contributed by atoms with Gasteiger partial charge in [-0.3, -0.25) is 0 Å². The first kappa shape index (κ1) is 29.9. The van der Waals surface area contributed by atoms with Gasteiger partial charge >= 0.3 is 0 Å². The number of rotatable bonds is 14. The second kappa shape index (κ2) is 15.6. The highest BCUT2D eigenvalue weighted by atomic mass is 16.7. The van der Waals surface area contributed by atoms with Crippen molar-refractivity contribution in [3.8, 4) is 5.75 Å². The molecular formula is C35H38O7. The van der Waals surface area contributed by atoms with Crippen LogP contribution in [-0.2, 0) is 50.1 Å². The lowest BCUT2D eigenvalue weighted by atomic mass is 9.98. The number of hydrogen-bond donors (Lipinski definition) is 1. The fourth-order valence-electron chi connectivity index (χ4n) is 4.91. The molecule has 220 valence electrons. The van der Waals surface area contributed by atoms with Gasteiger partial charge < -0.3 is 33.5 Å². The van der Waals surface area contributed by atoms with E-state index < -0.39 is 30.7 Å². The standard InChI is InChI=1S/C35H38O7/c1-37-30-19-17-29(18-20-30)24-40-33-32(39-22-27-13-7-3-8-14-27)31(25-38-21-26-11-5-2-6-12-26)42-35(36)34(33)41-23-28-15-9-4-10-16-28/h2-20,31-36H,21-25H2,1H3/t31-,32+,33+,34-,35-/m1/s1. The predicted octanol–water partition coefficient (Wildman–Crippen LogP) is 5.69. The summed E-state index contributed by atoms with van der Waals surface area (Å²) in [4.78, 5) is 0. The minimum Gasteiger partial charge on any atom is -0.497 e. The largest absolute Gasteiger partial charge is 0.497 e. The lowest BCUT2D eigenvalue weighted by molar-refractivity contribution is -0.317. The van der Waals surface area contributed by atoms with Gasteiger partial charge in [-0.25, -0.2) is 0 Å². The zero-order valence-corrected chi connectivity index (χ0v) is 23.8. The van der Waals surface area contributed by atoms with Gasteiger partial charge in [0.15, 0.2) is 6.29 Å². The monoisotopic (exact) mass is 570 g/mol. The maximum absolute atomic E-state index is 11.2. The van der Waals surface area contributed by atoms with Crippen LogP contribution in [-0.4, -0.2) is 49.5 Å². The minimum absolute atomic E-state index is 0.208. The molecule has 1 aliphatic heterocycles. The van der Waals surface area contributed by atoms with Crippen LogP contribution in [0.2, 0.25) is 0 Å². The van der Waals surface area contributed by atoms with Crippen LogP contribution in [0.1, 0.15) is 22.3 Å². The molecule has 7 heteroatoms. The first-order chi connectivity index (χ1) is 20.7. The van der Waals surface area contributed by atoms with Gasteiger partial charge in [0.1, 0.15) is 30.2 Å². The van der Waals surface area contributed by atoms with Gasteiger partial charge in [0, 0.05) is 0 Å². The summed E-state index contributed by atoms with van der Waals surface area (Å²) in [6, 6.07) is 37.4. The van der Waals surface area contributed by atoms with E-state index in [1.54, 1.807) is 7.11 Å². The second-order valence-electron chi connectivity index (χ2n) is 10.2. The molecule has 0 amide bonds. The molecule has 5 atom stereocenters. The number of benzene rings is 4. The van der Waals surface area contributed by atoms with Crippen molar-refractivity contribution in [2.75, 3.05) is 13.7 Å². The van der Waals surface area contributed by atoms with Crippen LogP contribution in [0.3, 0.4) is 0 Å². The Morgan fingerprint density at radius 3 is 1.52 bits per heavy atom. The fourth-order valence-corrected chi connectivity index (χ4v) is 4.91. The molecule has 1 fully saturated rings. The third kappa shape index (κ3) is 8.49. The minimum atomic E-state index is -1.24. The topological polar surface area (TPSA) is 75.6 Å². The highest BCUT2D eigenvalue weighted by Gasteiger charge is 2.48. The Morgan fingerprint density at radius 2 is 1.00 bits per heavy atom. The smallest absolute Gasteiger partial charge is 0.184 e. The molecule has 4 aromatic rings. The second-order valence-corrected chi connectivity index (χ2v) is 10.2. The molecular weight excluding hydrogens is 532 g/mol. The Bertz CT molecular complexity index is 1300. The molecule has 0 spiro atoms. The Kier molecular flexibility index (Phi) is 11.1. The Balaban J connectivity index is 1.36. The Labute approximate surface area is 247 Å². The lowest BCUT2D eigenvalue weighted by Crippen LogP contribution is -2.61. The molecule has 1 saturated heterocycles. The van der Waals surface area contributed by atoms with E-state index in [1.807, 2.05) is 115 Å². The van der Waals surface area contributed by atoms with Crippen LogP contribution in [0.5, 0.6) is 5.75 Å². The van der Waals surface area contributed by atoms with Crippen LogP contribution < -0.4 is 4.74 Å². The van der Waals surface area contributed by atoms with Gasteiger partial charge in [0.25, 0.3) is 0 Å². The molecule has 0 unspecified atom stereocenters. The third-order valence-corrected chi connectivity index (χ3v) is 7.18. The molecule has 4 aromatic carbocycles. The molecule has 5 rings (SSSR count). The summed E-state index contributed by atoms with van der Waals surface area (Å²) >= 11 is 0. The van der Waals surface area contributed by atoms with Crippen LogP contribution in [0.4, 0.5) is 0 Å². The highest BCUT2D eigenvalue weighted by molar-refractivity contribution is 5.26. The van der Waals surface area contributed by atoms with Crippen molar-refractivity contribution in [2.24, 2.45) is 0 Å². The zero-order valence-electron chi connectivity index (χ0n) is 23.8. The van der Waals surface area contributed by atoms with Crippen molar-refractivity contribution in [2.45, 2.75) is 57.1 Å². The first-order valence-electron chi connectivity index (χ1n) is 14.2. The molecule has 1 aliphatic rings. The summed E-state index contributed by atoms with van der Waals surface area (Å²) in [7, 11) is 1.64. The third-order valence-electron chi connectivity index (χ3n) is 7.18. The van der Waals surface area contributed by atoms with Crippen LogP contribution in [0, 0.1) is 0 Å². The molecule has 0 aliphatic carbocycles. The Morgan fingerprint density at radius 1 is 0.548 bits per heavy atom. The van der Waals surface area contributed by atoms with E-state index >= 15 is 0 Å². The van der Waals surface area contributed by atoms with E-state index in [4.69, 9.17) is 28.4 Å².